The number of nitrogens with one attached hydrogen (secondary N) is 1. The summed E-state index contributed by atoms with van der Waals surface area (Å²) in [5.74, 6) is 0.554. The molecule has 0 saturated heterocycles. The van der Waals surface area contributed by atoms with Crippen molar-refractivity contribution in [1.82, 2.24) is 9.97 Å². The molecule has 1 aliphatic rings. The van der Waals surface area contributed by atoms with Gasteiger partial charge in [0.2, 0.25) is 5.28 Å². The first-order chi connectivity index (χ1) is 9.54. The van der Waals surface area contributed by atoms with Gasteiger partial charge < -0.3 is 5.32 Å². The molecule has 104 valence electrons. The molecule has 20 heavy (non-hydrogen) atoms. The average Bonchev–Trinajstić information content (AvgIpc) is 2.77. The van der Waals surface area contributed by atoms with E-state index in [1.807, 2.05) is 19.2 Å². The van der Waals surface area contributed by atoms with Crippen LogP contribution in [0.15, 0.2) is 24.3 Å². The Morgan fingerprint density at radius 1 is 1.25 bits per heavy atom. The summed E-state index contributed by atoms with van der Waals surface area (Å²) in [6, 6.07) is 6.61. The Morgan fingerprint density at radius 3 is 2.60 bits per heavy atom. The van der Waals surface area contributed by atoms with Crippen molar-refractivity contribution in [2.45, 2.75) is 25.2 Å². The Hall–Kier alpha value is -1.68. The van der Waals surface area contributed by atoms with E-state index in [4.69, 9.17) is 11.6 Å². The number of nitrogens with zero attached hydrogens (tertiary/aromatic N) is 2. The number of halogens is 2. The fourth-order valence-corrected chi connectivity index (χ4v) is 3.12. The minimum Gasteiger partial charge on any atom is -0.373 e. The van der Waals surface area contributed by atoms with Crippen LogP contribution < -0.4 is 5.32 Å². The van der Waals surface area contributed by atoms with Gasteiger partial charge in [0.1, 0.15) is 11.6 Å². The van der Waals surface area contributed by atoms with Crippen molar-refractivity contribution in [3.63, 3.8) is 0 Å². The largest absolute Gasteiger partial charge is 0.373 e. The van der Waals surface area contributed by atoms with Gasteiger partial charge in [-0.2, -0.15) is 0 Å². The summed E-state index contributed by atoms with van der Waals surface area (Å²) in [5.41, 5.74) is 2.84. The topological polar surface area (TPSA) is 37.8 Å². The van der Waals surface area contributed by atoms with E-state index in [2.05, 4.69) is 22.2 Å². The van der Waals surface area contributed by atoms with Gasteiger partial charge in [0.15, 0.2) is 0 Å². The highest BCUT2D eigenvalue weighted by Crippen LogP contribution is 2.44. The number of aromatic nitrogens is 2. The molecule has 0 aliphatic heterocycles. The molecule has 0 spiro atoms. The predicted molar refractivity (Wildman–Crippen MR) is 77.8 cm³/mol. The highest BCUT2D eigenvalue weighted by atomic mass is 35.5. The lowest BCUT2D eigenvalue weighted by Gasteiger charge is -2.25. The second-order valence-electron chi connectivity index (χ2n) is 5.26. The number of hydrogen-bond donors (Lipinski definition) is 1. The summed E-state index contributed by atoms with van der Waals surface area (Å²) >= 11 is 6.03. The van der Waals surface area contributed by atoms with Crippen molar-refractivity contribution in [2.75, 3.05) is 12.4 Å². The molecule has 0 amide bonds. The molecular weight excluding hydrogens is 277 g/mol. The number of fused-ring (bicyclic) bond motifs is 1. The van der Waals surface area contributed by atoms with Gasteiger partial charge in [-0.05, 0) is 49.1 Å². The van der Waals surface area contributed by atoms with Crippen molar-refractivity contribution in [2.24, 2.45) is 0 Å². The molecule has 0 saturated carbocycles. The first-order valence-corrected chi connectivity index (χ1v) is 6.93. The van der Waals surface area contributed by atoms with Crippen LogP contribution in [0.1, 0.15) is 30.2 Å². The van der Waals surface area contributed by atoms with Crippen LogP contribution in [0, 0.1) is 5.82 Å². The molecular formula is C15H15ClFN3. The van der Waals surface area contributed by atoms with Crippen molar-refractivity contribution in [1.29, 1.82) is 0 Å². The van der Waals surface area contributed by atoms with Crippen molar-refractivity contribution in [3.8, 4) is 0 Å². The van der Waals surface area contributed by atoms with Crippen LogP contribution in [0.2, 0.25) is 5.28 Å². The Morgan fingerprint density at radius 2 is 1.95 bits per heavy atom. The van der Waals surface area contributed by atoms with Gasteiger partial charge in [-0.3, -0.25) is 0 Å². The highest BCUT2D eigenvalue weighted by Gasteiger charge is 2.39. The summed E-state index contributed by atoms with van der Waals surface area (Å²) < 4.78 is 13.1. The number of benzene rings is 1. The van der Waals surface area contributed by atoms with Crippen LogP contribution in [-0.2, 0) is 11.8 Å². The van der Waals surface area contributed by atoms with E-state index >= 15 is 0 Å². The molecule has 1 aliphatic carbocycles. The molecule has 3 rings (SSSR count). The highest BCUT2D eigenvalue weighted by molar-refractivity contribution is 6.28. The van der Waals surface area contributed by atoms with E-state index in [9.17, 15) is 4.39 Å². The molecule has 5 heteroatoms. The smallest absolute Gasteiger partial charge is 0.224 e. The minimum absolute atomic E-state index is 0.229. The number of rotatable bonds is 2. The van der Waals surface area contributed by atoms with Crippen molar-refractivity contribution in [3.05, 3.63) is 52.2 Å². The number of hydrogen-bond acceptors (Lipinski definition) is 3. The molecule has 0 fully saturated rings. The third kappa shape index (κ3) is 1.95. The third-order valence-corrected chi connectivity index (χ3v) is 4.26. The van der Waals surface area contributed by atoms with E-state index in [-0.39, 0.29) is 16.5 Å². The van der Waals surface area contributed by atoms with Gasteiger partial charge in [0, 0.05) is 18.0 Å². The normalized spacial score (nSPS) is 20.8. The maximum absolute atomic E-state index is 13.1. The zero-order valence-corrected chi connectivity index (χ0v) is 12.1. The molecule has 0 bridgehead atoms. The van der Waals surface area contributed by atoms with Gasteiger partial charge in [-0.25, -0.2) is 14.4 Å². The standard InChI is InChI=1S/C15H15ClFN3/c1-15(9-3-5-10(17)6-4-9)8-7-11-12(15)19-14(16)20-13(11)18-2/h3-6H,7-8H2,1-2H3,(H,18,19,20). The van der Waals surface area contributed by atoms with E-state index in [1.54, 1.807) is 0 Å². The lowest BCUT2D eigenvalue weighted by atomic mass is 9.80. The molecule has 1 aromatic carbocycles. The zero-order valence-electron chi connectivity index (χ0n) is 11.4. The van der Waals surface area contributed by atoms with Crippen LogP contribution in [0.3, 0.4) is 0 Å². The van der Waals surface area contributed by atoms with E-state index in [0.29, 0.717) is 0 Å². The first-order valence-electron chi connectivity index (χ1n) is 6.55. The van der Waals surface area contributed by atoms with Gasteiger partial charge in [-0.15, -0.1) is 0 Å². The van der Waals surface area contributed by atoms with Crippen LogP contribution >= 0.6 is 11.6 Å². The molecule has 2 aromatic rings. The Bertz CT molecular complexity index is 657. The maximum Gasteiger partial charge on any atom is 0.224 e. The van der Waals surface area contributed by atoms with Crippen LogP contribution in [0.4, 0.5) is 10.2 Å². The van der Waals surface area contributed by atoms with Crippen LogP contribution in [0.25, 0.3) is 0 Å². The summed E-state index contributed by atoms with van der Waals surface area (Å²) in [6.45, 7) is 2.12. The SMILES string of the molecule is CNc1nc(Cl)nc2c1CCC2(C)c1ccc(F)cc1. The van der Waals surface area contributed by atoms with Crippen molar-refractivity contribution < 1.29 is 4.39 Å². The predicted octanol–water partition coefficient (Wildman–Crippen LogP) is 3.56. The summed E-state index contributed by atoms with van der Waals surface area (Å²) in [7, 11) is 1.83. The summed E-state index contributed by atoms with van der Waals surface area (Å²) in [6.07, 6.45) is 1.80. The van der Waals surface area contributed by atoms with Gasteiger partial charge in [0.05, 0.1) is 5.69 Å². The van der Waals surface area contributed by atoms with Crippen LogP contribution in [0.5, 0.6) is 0 Å². The monoisotopic (exact) mass is 291 g/mol. The molecule has 1 aromatic heterocycles. The van der Waals surface area contributed by atoms with E-state index in [1.165, 1.54) is 12.1 Å². The summed E-state index contributed by atoms with van der Waals surface area (Å²) in [4.78, 5) is 8.65. The second-order valence-corrected chi connectivity index (χ2v) is 5.60. The average molecular weight is 292 g/mol. The quantitative estimate of drug-likeness (QED) is 0.860. The Kier molecular flexibility index (Phi) is 3.13. The van der Waals surface area contributed by atoms with E-state index in [0.717, 1.165) is 35.5 Å². The lowest BCUT2D eigenvalue weighted by molar-refractivity contribution is 0.548. The molecule has 0 radical (unpaired) electrons. The van der Waals surface area contributed by atoms with Gasteiger partial charge in [-0.1, -0.05) is 12.1 Å². The maximum atomic E-state index is 13.1. The molecule has 1 unspecified atom stereocenters. The summed E-state index contributed by atoms with van der Waals surface area (Å²) in [5, 5.41) is 3.31. The molecule has 1 heterocycles. The van der Waals surface area contributed by atoms with Crippen LogP contribution in [-0.4, -0.2) is 17.0 Å². The first kappa shape index (κ1) is 13.3. The fourth-order valence-electron chi connectivity index (χ4n) is 2.95. The minimum atomic E-state index is -0.249. The van der Waals surface area contributed by atoms with Gasteiger partial charge in [0.25, 0.3) is 0 Å². The second kappa shape index (κ2) is 4.70. The number of anilines is 1. The molecule has 1 atom stereocenters. The Labute approximate surface area is 122 Å². The zero-order chi connectivity index (χ0) is 14.3. The van der Waals surface area contributed by atoms with Gasteiger partial charge >= 0.3 is 0 Å². The molecule has 3 nitrogen and oxygen atoms in total. The lowest BCUT2D eigenvalue weighted by Crippen LogP contribution is -2.22. The van der Waals surface area contributed by atoms with Crippen molar-refractivity contribution >= 4 is 17.4 Å². The fraction of sp³-hybridized carbons (Fsp3) is 0.333. The van der Waals surface area contributed by atoms with E-state index < -0.39 is 0 Å². The Balaban J connectivity index is 2.16. The third-order valence-electron chi connectivity index (χ3n) is 4.10. The molecule has 1 N–H and O–H groups in total.